The second-order valence-electron chi connectivity index (χ2n) is 4.87. The SMILES string of the molecule is O=C(N(CCCN(C(=O)C(F)(F)F)C(=O)C(F)(F)F)C(=O)C(F)(F)F)C(F)(F)F. The van der Waals surface area contributed by atoms with Crippen molar-refractivity contribution in [3.63, 3.8) is 0 Å². The second kappa shape index (κ2) is 8.44. The molecule has 0 aliphatic heterocycles. The fourth-order valence-electron chi connectivity index (χ4n) is 1.59. The first kappa shape index (κ1) is 26.4. The predicted octanol–water partition coefficient (Wildman–Crippen LogP) is 2.34. The van der Waals surface area contributed by atoms with E-state index in [9.17, 15) is 71.9 Å². The number of carbonyl (C=O) groups excluding carboxylic acids is 4. The van der Waals surface area contributed by atoms with Crippen molar-refractivity contribution < 1.29 is 71.9 Å². The zero-order valence-corrected chi connectivity index (χ0v) is 13.2. The van der Waals surface area contributed by atoms with Crippen molar-refractivity contribution in [2.24, 2.45) is 0 Å². The maximum absolute atomic E-state index is 12.3. The van der Waals surface area contributed by atoms with E-state index in [1.54, 1.807) is 0 Å². The van der Waals surface area contributed by atoms with Crippen LogP contribution in [0.1, 0.15) is 6.42 Å². The van der Waals surface area contributed by atoms with Gasteiger partial charge < -0.3 is 0 Å². The number of halogens is 12. The number of hydrogen-bond acceptors (Lipinski definition) is 4. The van der Waals surface area contributed by atoms with Crippen LogP contribution in [0.2, 0.25) is 0 Å². The zero-order chi connectivity index (χ0) is 23.6. The highest BCUT2D eigenvalue weighted by Gasteiger charge is 2.53. The Hall–Kier alpha value is -2.56. The minimum Gasteiger partial charge on any atom is -0.267 e. The third-order valence-corrected chi connectivity index (χ3v) is 2.71. The minimum atomic E-state index is -6.07. The van der Waals surface area contributed by atoms with Crippen LogP contribution in [0.4, 0.5) is 52.7 Å². The number of amides is 4. The molecule has 0 saturated carbocycles. The Morgan fingerprint density at radius 3 is 0.759 bits per heavy atom. The van der Waals surface area contributed by atoms with E-state index in [2.05, 4.69) is 0 Å². The first-order chi connectivity index (χ1) is 12.6. The molecule has 0 aliphatic rings. The molecule has 29 heavy (non-hydrogen) atoms. The van der Waals surface area contributed by atoms with Crippen LogP contribution in [0.15, 0.2) is 0 Å². The smallest absolute Gasteiger partial charge is 0.267 e. The normalized spacial score (nSPS) is 13.1. The van der Waals surface area contributed by atoms with Crippen molar-refractivity contribution in [3.05, 3.63) is 0 Å². The summed E-state index contributed by atoms with van der Waals surface area (Å²) in [6.45, 7) is -4.02. The molecule has 0 bridgehead atoms. The molecule has 4 amide bonds. The molecule has 0 spiro atoms. The molecule has 0 radical (unpaired) electrons. The molecule has 18 heteroatoms. The van der Waals surface area contributed by atoms with E-state index in [0.717, 1.165) is 0 Å². The highest BCUT2D eigenvalue weighted by molar-refractivity contribution is 6.01. The zero-order valence-electron chi connectivity index (χ0n) is 13.2. The van der Waals surface area contributed by atoms with E-state index in [4.69, 9.17) is 0 Å². The third-order valence-electron chi connectivity index (χ3n) is 2.71. The molecule has 0 aromatic heterocycles. The first-order valence-corrected chi connectivity index (χ1v) is 6.61. The summed E-state index contributed by atoms with van der Waals surface area (Å²) >= 11 is 0. The summed E-state index contributed by atoms with van der Waals surface area (Å²) in [6.07, 6.45) is -25.9. The minimum absolute atomic E-state index is 1.53. The van der Waals surface area contributed by atoms with E-state index in [1.165, 1.54) is 0 Å². The highest BCUT2D eigenvalue weighted by atomic mass is 19.4. The standard InChI is InChI=1S/C11H6F12N2O4/c12-8(13,14)4(26)24(5(27)9(15,16)17)2-1-3-25(6(28)10(18,19)20)7(29)11(21,22)23/h1-3H2. The van der Waals surface area contributed by atoms with Gasteiger partial charge in [0.2, 0.25) is 0 Å². The lowest BCUT2D eigenvalue weighted by Crippen LogP contribution is -2.53. The molecular weight excluding hydrogens is 452 g/mol. The van der Waals surface area contributed by atoms with Crippen LogP contribution in [0.25, 0.3) is 0 Å². The summed E-state index contributed by atoms with van der Waals surface area (Å²) in [5.74, 6) is -13.7. The van der Waals surface area contributed by atoms with Crippen LogP contribution in [-0.4, -0.2) is 71.2 Å². The molecule has 0 rings (SSSR count). The number of rotatable bonds is 4. The van der Waals surface area contributed by atoms with Crippen LogP contribution < -0.4 is 0 Å². The quantitative estimate of drug-likeness (QED) is 0.607. The lowest BCUT2D eigenvalue weighted by atomic mass is 10.3. The van der Waals surface area contributed by atoms with Gasteiger partial charge in [-0.25, -0.2) is 0 Å². The average Bonchev–Trinajstić information content (AvgIpc) is 2.49. The summed E-state index contributed by atoms with van der Waals surface area (Å²) in [5, 5.41) is 0. The van der Waals surface area contributed by atoms with E-state index in [1.807, 2.05) is 0 Å². The fraction of sp³-hybridized carbons (Fsp3) is 0.636. The molecule has 6 nitrogen and oxygen atoms in total. The molecule has 0 aromatic carbocycles. The third kappa shape index (κ3) is 7.41. The van der Waals surface area contributed by atoms with Crippen LogP contribution in [0.5, 0.6) is 0 Å². The molecule has 0 fully saturated rings. The Balaban J connectivity index is 5.65. The van der Waals surface area contributed by atoms with Crippen LogP contribution in [-0.2, 0) is 19.2 Å². The van der Waals surface area contributed by atoms with E-state index >= 15 is 0 Å². The van der Waals surface area contributed by atoms with Gasteiger partial charge in [-0.3, -0.25) is 29.0 Å². The Kier molecular flexibility index (Phi) is 7.69. The maximum atomic E-state index is 12.3. The average molecular weight is 458 g/mol. The molecule has 0 heterocycles. The molecule has 168 valence electrons. The molecule has 0 aromatic rings. The second-order valence-corrected chi connectivity index (χ2v) is 4.87. The summed E-state index contributed by atoms with van der Waals surface area (Å²) < 4.78 is 147. The van der Waals surface area contributed by atoms with Crippen molar-refractivity contribution in [2.75, 3.05) is 13.1 Å². The molecular formula is C11H6F12N2O4. The van der Waals surface area contributed by atoms with Gasteiger partial charge in [0.05, 0.1) is 0 Å². The number of alkyl halides is 12. The lowest BCUT2D eigenvalue weighted by Gasteiger charge is -2.26. The van der Waals surface area contributed by atoms with Crippen LogP contribution >= 0.6 is 0 Å². The summed E-state index contributed by atoms with van der Waals surface area (Å²) in [5.41, 5.74) is 0. The number of nitrogens with zero attached hydrogens (tertiary/aromatic N) is 2. The van der Waals surface area contributed by atoms with Gasteiger partial charge >= 0.3 is 48.3 Å². The summed E-state index contributed by atoms with van der Waals surface area (Å²) in [7, 11) is 0. The van der Waals surface area contributed by atoms with Gasteiger partial charge in [0.25, 0.3) is 0 Å². The molecule has 0 atom stereocenters. The van der Waals surface area contributed by atoms with Gasteiger partial charge in [-0.2, -0.15) is 52.7 Å². The van der Waals surface area contributed by atoms with Gasteiger partial charge in [0, 0.05) is 13.1 Å². The predicted molar refractivity (Wildman–Crippen MR) is 62.3 cm³/mol. The van der Waals surface area contributed by atoms with E-state index < -0.39 is 77.6 Å². The van der Waals surface area contributed by atoms with Gasteiger partial charge in [0.15, 0.2) is 0 Å². The number of imide groups is 2. The van der Waals surface area contributed by atoms with Crippen LogP contribution in [0.3, 0.4) is 0 Å². The summed E-state index contributed by atoms with van der Waals surface area (Å²) in [4.78, 5) is 40.5. The van der Waals surface area contributed by atoms with E-state index in [-0.39, 0.29) is 0 Å². The molecule has 0 aliphatic carbocycles. The lowest BCUT2D eigenvalue weighted by molar-refractivity contribution is -0.206. The van der Waals surface area contributed by atoms with Crippen LogP contribution in [0, 0.1) is 0 Å². The van der Waals surface area contributed by atoms with Gasteiger partial charge in [-0.05, 0) is 6.42 Å². The van der Waals surface area contributed by atoms with Crippen molar-refractivity contribution in [2.45, 2.75) is 31.1 Å². The first-order valence-electron chi connectivity index (χ1n) is 6.61. The highest BCUT2D eigenvalue weighted by Crippen LogP contribution is 2.26. The number of carbonyl (C=O) groups is 4. The summed E-state index contributed by atoms with van der Waals surface area (Å²) in [6, 6.07) is 0. The fourth-order valence-corrected chi connectivity index (χ4v) is 1.59. The van der Waals surface area contributed by atoms with E-state index in [0.29, 0.717) is 0 Å². The van der Waals surface area contributed by atoms with Gasteiger partial charge in [-0.1, -0.05) is 0 Å². The van der Waals surface area contributed by atoms with Gasteiger partial charge in [-0.15, -0.1) is 0 Å². The number of hydrogen-bond donors (Lipinski definition) is 0. The Morgan fingerprint density at radius 2 is 0.621 bits per heavy atom. The Labute approximate surface area is 151 Å². The van der Waals surface area contributed by atoms with Gasteiger partial charge in [0.1, 0.15) is 0 Å². The van der Waals surface area contributed by atoms with Crippen molar-refractivity contribution in [3.8, 4) is 0 Å². The van der Waals surface area contributed by atoms with Crippen molar-refractivity contribution in [1.82, 2.24) is 9.80 Å². The maximum Gasteiger partial charge on any atom is 0.471 e. The Bertz CT molecular complexity index is 553. The monoisotopic (exact) mass is 458 g/mol. The van der Waals surface area contributed by atoms with Crippen molar-refractivity contribution in [1.29, 1.82) is 0 Å². The molecule has 0 N–H and O–H groups in total. The largest absolute Gasteiger partial charge is 0.471 e. The van der Waals surface area contributed by atoms with Crippen molar-refractivity contribution >= 4 is 23.6 Å². The molecule has 0 saturated heterocycles. The Morgan fingerprint density at radius 1 is 0.448 bits per heavy atom. The topological polar surface area (TPSA) is 74.8 Å². The molecule has 0 unspecified atom stereocenters.